The maximum atomic E-state index is 13.5. The van der Waals surface area contributed by atoms with E-state index in [1.807, 2.05) is 18.2 Å². The molecule has 1 aliphatic heterocycles. The van der Waals surface area contributed by atoms with E-state index in [1.54, 1.807) is 18.5 Å². The summed E-state index contributed by atoms with van der Waals surface area (Å²) in [6.07, 6.45) is 7.78. The van der Waals surface area contributed by atoms with Crippen molar-refractivity contribution in [1.82, 2.24) is 25.3 Å². The van der Waals surface area contributed by atoms with Crippen molar-refractivity contribution in [3.63, 3.8) is 0 Å². The highest BCUT2D eigenvalue weighted by atomic mass is 32.2. The van der Waals surface area contributed by atoms with E-state index in [-0.39, 0.29) is 11.2 Å². The molecule has 0 amide bonds. The third-order valence-corrected chi connectivity index (χ3v) is 7.65. The van der Waals surface area contributed by atoms with Gasteiger partial charge in [0.15, 0.2) is 10.3 Å². The molecule has 188 valence electrons. The smallest absolute Gasteiger partial charge is 0.232 e. The molecule has 0 atom stereocenters. The lowest BCUT2D eigenvalue weighted by Crippen LogP contribution is -2.41. The van der Waals surface area contributed by atoms with E-state index in [9.17, 15) is 4.39 Å². The number of nitrogens with one attached hydrogen (secondary N) is 2. The Kier molecular flexibility index (Phi) is 7.88. The largest absolute Gasteiger partial charge is 0.378 e. The van der Waals surface area contributed by atoms with Crippen molar-refractivity contribution < 1.29 is 9.13 Å². The van der Waals surface area contributed by atoms with Gasteiger partial charge in [-0.2, -0.15) is 4.98 Å². The number of benzene rings is 1. The van der Waals surface area contributed by atoms with E-state index in [0.717, 1.165) is 55.2 Å². The number of halogens is 1. The molecule has 11 heteroatoms. The first-order chi connectivity index (χ1) is 17.6. The number of ether oxygens (including phenoxy) is 1. The molecule has 0 spiro atoms. The Labute approximate surface area is 219 Å². The van der Waals surface area contributed by atoms with Crippen LogP contribution in [0.15, 0.2) is 59.0 Å². The summed E-state index contributed by atoms with van der Waals surface area (Å²) >= 11 is 7.01. The predicted octanol–water partition coefficient (Wildman–Crippen LogP) is 4.19. The highest BCUT2D eigenvalue weighted by Gasteiger charge is 2.35. The molecule has 8 nitrogen and oxygen atoms in total. The number of hydrogen-bond acceptors (Lipinski definition) is 8. The van der Waals surface area contributed by atoms with Crippen LogP contribution >= 0.6 is 24.0 Å². The molecule has 2 aliphatic rings. The Morgan fingerprint density at radius 2 is 1.81 bits per heavy atom. The first-order valence-electron chi connectivity index (χ1n) is 12.1. The lowest BCUT2D eigenvalue weighted by molar-refractivity contribution is 0.122. The van der Waals surface area contributed by atoms with E-state index < -0.39 is 0 Å². The summed E-state index contributed by atoms with van der Waals surface area (Å²) in [6, 6.07) is 10.6. The van der Waals surface area contributed by atoms with Crippen LogP contribution in [-0.2, 0) is 10.2 Å². The fourth-order valence-electron chi connectivity index (χ4n) is 4.73. The van der Waals surface area contributed by atoms with E-state index in [1.165, 1.54) is 23.9 Å². The number of thiocarbonyl (C=S) groups is 1. The molecule has 1 saturated carbocycles. The molecule has 5 rings (SSSR count). The van der Waals surface area contributed by atoms with Crippen LogP contribution in [0.4, 0.5) is 16.2 Å². The van der Waals surface area contributed by atoms with Gasteiger partial charge < -0.3 is 20.3 Å². The number of hydrogen-bond donors (Lipinski definition) is 2. The van der Waals surface area contributed by atoms with Gasteiger partial charge in [-0.05, 0) is 60.6 Å². The lowest BCUT2D eigenvalue weighted by atomic mass is 9.79. The monoisotopic (exact) mass is 525 g/mol. The van der Waals surface area contributed by atoms with Gasteiger partial charge >= 0.3 is 0 Å². The van der Waals surface area contributed by atoms with Gasteiger partial charge in [0.2, 0.25) is 5.95 Å². The lowest BCUT2D eigenvalue weighted by Gasteiger charge is -2.30. The Morgan fingerprint density at radius 3 is 2.53 bits per heavy atom. The van der Waals surface area contributed by atoms with E-state index >= 15 is 0 Å². The highest BCUT2D eigenvalue weighted by molar-refractivity contribution is 7.99. The summed E-state index contributed by atoms with van der Waals surface area (Å²) in [6.45, 7) is 3.48. The van der Waals surface area contributed by atoms with Crippen LogP contribution in [-0.4, -0.2) is 57.9 Å². The fraction of sp³-hybridized carbons (Fsp3) is 0.400. The second kappa shape index (κ2) is 11.4. The molecular weight excluding hydrogens is 497 g/mol. The topological polar surface area (TPSA) is 88.1 Å². The molecular formula is C25H28FN7OS2. The standard InChI is InChI=1S/C25H28FN7OS2/c26-19-6-4-18(5-7-19)25(8-1-2-9-25)17-29-23(35)32-22-30-20(33-12-14-34-15-13-33)16-21(31-22)36-24-27-10-3-11-28-24/h3-7,10-11,16H,1-2,8-9,12-15,17H2,(H2,29,30,31,32,35). The normalized spacial score (nSPS) is 17.1. The Hall–Kier alpha value is -2.89. The van der Waals surface area contributed by atoms with Gasteiger partial charge in [-0.3, -0.25) is 0 Å². The second-order valence-corrected chi connectivity index (χ2v) is 10.3. The molecule has 1 saturated heterocycles. The van der Waals surface area contributed by atoms with Crippen molar-refractivity contribution in [2.24, 2.45) is 0 Å². The molecule has 3 heterocycles. The van der Waals surface area contributed by atoms with Gasteiger partial charge in [-0.25, -0.2) is 19.3 Å². The van der Waals surface area contributed by atoms with Crippen molar-refractivity contribution in [2.45, 2.75) is 41.3 Å². The average Bonchev–Trinajstić information content (AvgIpc) is 3.39. The van der Waals surface area contributed by atoms with Crippen molar-refractivity contribution >= 4 is 40.9 Å². The second-order valence-electron chi connectivity index (χ2n) is 8.92. The van der Waals surface area contributed by atoms with Crippen LogP contribution in [0.25, 0.3) is 0 Å². The van der Waals surface area contributed by atoms with Crippen LogP contribution in [0.5, 0.6) is 0 Å². The molecule has 0 unspecified atom stereocenters. The average molecular weight is 526 g/mol. The number of rotatable bonds is 7. The third kappa shape index (κ3) is 6.08. The third-order valence-electron chi connectivity index (χ3n) is 6.59. The predicted molar refractivity (Wildman–Crippen MR) is 142 cm³/mol. The zero-order valence-corrected chi connectivity index (χ0v) is 21.5. The van der Waals surface area contributed by atoms with Gasteiger partial charge in [0.1, 0.15) is 16.7 Å². The van der Waals surface area contributed by atoms with Gasteiger partial charge in [0.05, 0.1) is 13.2 Å². The van der Waals surface area contributed by atoms with Crippen molar-refractivity contribution in [2.75, 3.05) is 43.1 Å². The van der Waals surface area contributed by atoms with E-state index in [4.69, 9.17) is 21.9 Å². The zero-order chi connectivity index (χ0) is 24.8. The van der Waals surface area contributed by atoms with Crippen LogP contribution in [0, 0.1) is 5.82 Å². The fourth-order valence-corrected chi connectivity index (χ4v) is 5.60. The summed E-state index contributed by atoms with van der Waals surface area (Å²) in [5.41, 5.74) is 1.07. The summed E-state index contributed by atoms with van der Waals surface area (Å²) in [7, 11) is 0. The number of anilines is 2. The summed E-state index contributed by atoms with van der Waals surface area (Å²) in [4.78, 5) is 20.2. The maximum absolute atomic E-state index is 13.5. The van der Waals surface area contributed by atoms with Gasteiger partial charge in [-0.15, -0.1) is 0 Å². The summed E-state index contributed by atoms with van der Waals surface area (Å²) in [5.74, 6) is 0.997. The van der Waals surface area contributed by atoms with Crippen LogP contribution in [0.1, 0.15) is 31.2 Å². The quantitative estimate of drug-likeness (QED) is 0.266. The van der Waals surface area contributed by atoms with E-state index in [0.29, 0.717) is 36.0 Å². The number of morpholine rings is 1. The van der Waals surface area contributed by atoms with Crippen LogP contribution in [0.2, 0.25) is 0 Å². The SMILES string of the molecule is Fc1ccc(C2(CNC(=S)Nc3nc(Sc4ncccn4)cc(N4CCOCC4)n3)CCCC2)cc1. The first kappa shape index (κ1) is 24.8. The van der Waals surface area contributed by atoms with E-state index in [2.05, 4.69) is 30.5 Å². The minimum absolute atomic E-state index is 0.0679. The van der Waals surface area contributed by atoms with Crippen LogP contribution in [0.3, 0.4) is 0 Å². The summed E-state index contributed by atoms with van der Waals surface area (Å²) in [5, 5.41) is 8.34. The molecule has 1 aromatic carbocycles. The molecule has 2 fully saturated rings. The van der Waals surface area contributed by atoms with Crippen molar-refractivity contribution in [3.05, 3.63) is 60.2 Å². The Morgan fingerprint density at radius 1 is 1.08 bits per heavy atom. The molecule has 36 heavy (non-hydrogen) atoms. The molecule has 0 radical (unpaired) electrons. The van der Waals surface area contributed by atoms with Gasteiger partial charge in [-0.1, -0.05) is 25.0 Å². The van der Waals surface area contributed by atoms with Crippen LogP contribution < -0.4 is 15.5 Å². The summed E-state index contributed by atoms with van der Waals surface area (Å²) < 4.78 is 19.0. The van der Waals surface area contributed by atoms with Gasteiger partial charge in [0.25, 0.3) is 0 Å². The molecule has 1 aliphatic carbocycles. The maximum Gasteiger partial charge on any atom is 0.232 e. The minimum Gasteiger partial charge on any atom is -0.378 e. The molecule has 0 bridgehead atoms. The Bertz CT molecular complexity index is 1170. The Balaban J connectivity index is 1.31. The van der Waals surface area contributed by atoms with Crippen molar-refractivity contribution in [3.8, 4) is 0 Å². The van der Waals surface area contributed by atoms with Gasteiger partial charge in [0, 0.05) is 43.5 Å². The highest BCUT2D eigenvalue weighted by Crippen LogP contribution is 2.40. The van der Waals surface area contributed by atoms with Crippen molar-refractivity contribution in [1.29, 1.82) is 0 Å². The molecule has 2 N–H and O–H groups in total. The zero-order valence-electron chi connectivity index (χ0n) is 19.8. The minimum atomic E-state index is -0.219. The number of nitrogens with zero attached hydrogens (tertiary/aromatic N) is 5. The number of aromatic nitrogens is 4. The molecule has 2 aromatic heterocycles. The molecule has 3 aromatic rings. The first-order valence-corrected chi connectivity index (χ1v) is 13.3.